The van der Waals surface area contributed by atoms with Gasteiger partial charge in [0.15, 0.2) is 17.2 Å². The number of nitrogens with two attached hydrogens (primary N) is 1. The minimum absolute atomic E-state index is 0.0423. The molecule has 0 radical (unpaired) electrons. The van der Waals surface area contributed by atoms with E-state index in [0.717, 1.165) is 17.7 Å². The van der Waals surface area contributed by atoms with E-state index >= 15 is 0 Å². The van der Waals surface area contributed by atoms with Gasteiger partial charge in [0.1, 0.15) is 29.4 Å². The van der Waals surface area contributed by atoms with Crippen LogP contribution in [-0.4, -0.2) is 31.7 Å². The molecule has 1 aliphatic carbocycles. The molecule has 0 aliphatic heterocycles. The number of hydrogen-bond donors (Lipinski definition) is 2. The lowest BCUT2D eigenvalue weighted by Gasteiger charge is -2.35. The smallest absolute Gasteiger partial charge is 0.243 e. The number of halogens is 2. The van der Waals surface area contributed by atoms with E-state index in [-0.39, 0.29) is 23.7 Å². The van der Waals surface area contributed by atoms with Crippen LogP contribution in [0.4, 0.5) is 14.6 Å². The highest BCUT2D eigenvalue weighted by atomic mass is 19.1. The molecule has 172 valence electrons. The van der Waals surface area contributed by atoms with Crippen LogP contribution < -0.4 is 15.8 Å². The van der Waals surface area contributed by atoms with Gasteiger partial charge in [-0.3, -0.25) is 4.79 Å². The van der Waals surface area contributed by atoms with Gasteiger partial charge in [0.25, 0.3) is 0 Å². The minimum atomic E-state index is -0.790. The Morgan fingerprint density at radius 3 is 2.65 bits per heavy atom. The second-order valence-corrected chi connectivity index (χ2v) is 7.99. The van der Waals surface area contributed by atoms with Gasteiger partial charge in [0.05, 0.1) is 11.4 Å². The monoisotopic (exact) mass is 462 g/mol. The summed E-state index contributed by atoms with van der Waals surface area (Å²) in [6.07, 6.45) is 4.05. The average molecular weight is 462 g/mol. The number of amides is 1. The number of aromatic nitrogens is 4. The first kappa shape index (κ1) is 21.5. The Morgan fingerprint density at radius 2 is 1.94 bits per heavy atom. The summed E-state index contributed by atoms with van der Waals surface area (Å²) in [5, 5.41) is 8.28. The molecule has 0 saturated heterocycles. The van der Waals surface area contributed by atoms with Crippen molar-refractivity contribution in [2.24, 2.45) is 0 Å². The molecule has 1 fully saturated rings. The number of nitrogen functional groups attached to an aromatic ring is 1. The molecule has 5 rings (SSSR count). The molecule has 2 heterocycles. The molecule has 34 heavy (non-hydrogen) atoms. The number of benzene rings is 2. The fourth-order valence-electron chi connectivity index (χ4n) is 3.98. The molecule has 1 aliphatic rings. The molecule has 4 aromatic rings. The van der Waals surface area contributed by atoms with Gasteiger partial charge >= 0.3 is 0 Å². The van der Waals surface area contributed by atoms with Crippen LogP contribution in [0.5, 0.6) is 11.5 Å². The number of carbonyl (C=O) groups excluding carboxylic acids is 1. The van der Waals surface area contributed by atoms with Crippen molar-refractivity contribution >= 4 is 22.8 Å². The molecule has 2 aromatic heterocycles. The van der Waals surface area contributed by atoms with Crippen molar-refractivity contribution in [1.82, 2.24) is 25.1 Å². The third kappa shape index (κ3) is 3.94. The molecule has 0 atom stereocenters. The molecule has 1 amide bonds. The van der Waals surface area contributed by atoms with E-state index in [1.807, 2.05) is 4.68 Å². The highest BCUT2D eigenvalue weighted by Gasteiger charge is 2.34. The van der Waals surface area contributed by atoms with Crippen molar-refractivity contribution in [3.8, 4) is 22.8 Å². The minimum Gasteiger partial charge on any atom is -0.454 e. The Kier molecular flexibility index (Phi) is 5.40. The van der Waals surface area contributed by atoms with Gasteiger partial charge in [-0.05, 0) is 55.3 Å². The standard InChI is InChI=1S/C24H20F2N6O2/c1-2-20(33)30-15-10-16(11-15)32-24-21(23(27)28-12-29-24)22(31-32)13-3-6-17(7-4-13)34-19-8-5-14(25)9-18(19)26/h2-9,12,15-16H,1,10-11H2,(H,30,33)(H2,27,28,29)/t15-,16+. The van der Waals surface area contributed by atoms with E-state index in [1.165, 1.54) is 18.5 Å². The number of fused-ring (bicyclic) bond motifs is 1. The quantitative estimate of drug-likeness (QED) is 0.417. The number of ether oxygens (including phenoxy) is 1. The zero-order valence-corrected chi connectivity index (χ0v) is 17.9. The van der Waals surface area contributed by atoms with Gasteiger partial charge < -0.3 is 15.8 Å². The summed E-state index contributed by atoms with van der Waals surface area (Å²) in [6.45, 7) is 3.47. The van der Waals surface area contributed by atoms with Crippen molar-refractivity contribution in [2.45, 2.75) is 24.9 Å². The number of rotatable bonds is 6. The van der Waals surface area contributed by atoms with Crippen molar-refractivity contribution in [3.63, 3.8) is 0 Å². The van der Waals surface area contributed by atoms with Crippen LogP contribution in [0.25, 0.3) is 22.3 Å². The third-order valence-electron chi connectivity index (χ3n) is 5.76. The van der Waals surface area contributed by atoms with Gasteiger partial charge in [-0.15, -0.1) is 0 Å². The Hall–Kier alpha value is -4.34. The van der Waals surface area contributed by atoms with Crippen molar-refractivity contribution < 1.29 is 18.3 Å². The fourth-order valence-corrected chi connectivity index (χ4v) is 3.98. The SMILES string of the molecule is C=CC(=O)N[C@H]1C[C@@H](n2nc(-c3ccc(Oc4ccc(F)cc4F)cc3)c3c(N)ncnc32)C1. The summed E-state index contributed by atoms with van der Waals surface area (Å²) < 4.78 is 34.4. The highest BCUT2D eigenvalue weighted by molar-refractivity contribution is 5.98. The molecule has 0 bridgehead atoms. The van der Waals surface area contributed by atoms with E-state index in [1.54, 1.807) is 24.3 Å². The van der Waals surface area contributed by atoms with Gasteiger partial charge in [-0.1, -0.05) is 6.58 Å². The number of anilines is 1. The van der Waals surface area contributed by atoms with E-state index in [2.05, 4.69) is 21.9 Å². The Balaban J connectivity index is 1.42. The lowest BCUT2D eigenvalue weighted by Crippen LogP contribution is -2.44. The van der Waals surface area contributed by atoms with Gasteiger partial charge in [0, 0.05) is 17.7 Å². The zero-order valence-electron chi connectivity index (χ0n) is 17.9. The van der Waals surface area contributed by atoms with Crippen molar-refractivity contribution in [3.05, 3.63) is 73.1 Å². The van der Waals surface area contributed by atoms with Crippen LogP contribution in [0.2, 0.25) is 0 Å². The molecule has 8 nitrogen and oxygen atoms in total. The fraction of sp³-hybridized carbons (Fsp3) is 0.167. The van der Waals surface area contributed by atoms with E-state index < -0.39 is 11.6 Å². The number of nitrogens with zero attached hydrogens (tertiary/aromatic N) is 4. The van der Waals surface area contributed by atoms with Crippen LogP contribution in [0, 0.1) is 11.6 Å². The molecule has 3 N–H and O–H groups in total. The van der Waals surface area contributed by atoms with Crippen molar-refractivity contribution in [2.75, 3.05) is 5.73 Å². The Labute approximate surface area is 193 Å². The first-order valence-corrected chi connectivity index (χ1v) is 10.6. The highest BCUT2D eigenvalue weighted by Crippen LogP contribution is 2.38. The summed E-state index contributed by atoms with van der Waals surface area (Å²) in [6, 6.07) is 10.1. The molecule has 0 spiro atoms. The van der Waals surface area contributed by atoms with Crippen molar-refractivity contribution in [1.29, 1.82) is 0 Å². The summed E-state index contributed by atoms with van der Waals surface area (Å²) in [5.74, 6) is -1.07. The first-order chi connectivity index (χ1) is 16.4. The van der Waals surface area contributed by atoms with E-state index in [4.69, 9.17) is 15.6 Å². The summed E-state index contributed by atoms with van der Waals surface area (Å²) in [7, 11) is 0. The van der Waals surface area contributed by atoms with Gasteiger partial charge in [-0.25, -0.2) is 23.4 Å². The molecular weight excluding hydrogens is 442 g/mol. The van der Waals surface area contributed by atoms with Crippen LogP contribution in [0.15, 0.2) is 61.4 Å². The summed E-state index contributed by atoms with van der Waals surface area (Å²) in [4.78, 5) is 20.1. The third-order valence-corrected chi connectivity index (χ3v) is 5.76. The van der Waals surface area contributed by atoms with Crippen LogP contribution in [0.3, 0.4) is 0 Å². The Morgan fingerprint density at radius 1 is 1.18 bits per heavy atom. The predicted molar refractivity (Wildman–Crippen MR) is 122 cm³/mol. The number of carbonyl (C=O) groups is 1. The molecular formula is C24H20F2N6O2. The molecule has 1 saturated carbocycles. The lowest BCUT2D eigenvalue weighted by molar-refractivity contribution is -0.117. The maximum Gasteiger partial charge on any atom is 0.243 e. The maximum absolute atomic E-state index is 13.9. The predicted octanol–water partition coefficient (Wildman–Crippen LogP) is 4.15. The van der Waals surface area contributed by atoms with Gasteiger partial charge in [-0.2, -0.15) is 5.10 Å². The second kappa shape index (κ2) is 8.54. The van der Waals surface area contributed by atoms with E-state index in [9.17, 15) is 13.6 Å². The van der Waals surface area contributed by atoms with Gasteiger partial charge in [0.2, 0.25) is 5.91 Å². The largest absolute Gasteiger partial charge is 0.454 e. The average Bonchev–Trinajstić information content (AvgIpc) is 3.18. The van der Waals surface area contributed by atoms with E-state index in [0.29, 0.717) is 41.1 Å². The topological polar surface area (TPSA) is 108 Å². The normalized spacial score (nSPS) is 17.2. The number of hydrogen-bond acceptors (Lipinski definition) is 6. The van der Waals surface area contributed by atoms with Crippen LogP contribution >= 0.6 is 0 Å². The number of nitrogens with one attached hydrogen (secondary N) is 1. The second-order valence-electron chi connectivity index (χ2n) is 7.99. The van der Waals surface area contributed by atoms with Crippen LogP contribution in [0.1, 0.15) is 18.9 Å². The Bertz CT molecular complexity index is 1400. The first-order valence-electron chi connectivity index (χ1n) is 10.6. The lowest BCUT2D eigenvalue weighted by atomic mass is 9.87. The maximum atomic E-state index is 13.9. The molecule has 10 heteroatoms. The summed E-state index contributed by atoms with van der Waals surface area (Å²) in [5.41, 5.74) is 8.12. The zero-order chi connectivity index (χ0) is 23.8. The van der Waals surface area contributed by atoms with Crippen LogP contribution in [-0.2, 0) is 4.79 Å². The molecule has 0 unspecified atom stereocenters. The molecule has 2 aromatic carbocycles. The summed E-state index contributed by atoms with van der Waals surface area (Å²) >= 11 is 0.